The summed E-state index contributed by atoms with van der Waals surface area (Å²) in [6.07, 6.45) is 1.01. The van der Waals surface area contributed by atoms with Crippen molar-refractivity contribution in [1.82, 2.24) is 10.2 Å². The highest BCUT2D eigenvalue weighted by molar-refractivity contribution is 6.01. The van der Waals surface area contributed by atoms with Gasteiger partial charge in [0.2, 0.25) is 0 Å². The number of rotatable bonds is 7. The number of nitrogens with one attached hydrogen (secondary N) is 3. The summed E-state index contributed by atoms with van der Waals surface area (Å²) in [7, 11) is 3.21. The van der Waals surface area contributed by atoms with Gasteiger partial charge in [-0.1, -0.05) is 18.2 Å². The number of ketones is 1. The molecule has 0 saturated carbocycles. The normalized spacial score (nSPS) is 18.8. The summed E-state index contributed by atoms with van der Waals surface area (Å²) in [5.74, 6) is 1.53. The molecule has 0 spiro atoms. The number of hydrogen-bond acceptors (Lipinski definition) is 6. The fourth-order valence-corrected chi connectivity index (χ4v) is 5.56. The molecule has 2 atom stereocenters. The highest BCUT2D eigenvalue weighted by Crippen LogP contribution is 2.47. The SMILES string of the molecule is CCN(CC)c1ccc(C2C3=C(CC(c4ccc(OC)c(OC)c4)CC3=O)Nc3[nH][nH]c(=O)c32)cc1. The lowest BCUT2D eigenvalue weighted by Gasteiger charge is -2.35. The van der Waals surface area contributed by atoms with E-state index in [0.29, 0.717) is 41.3 Å². The van der Waals surface area contributed by atoms with Crippen molar-refractivity contribution in [2.24, 2.45) is 0 Å². The number of aromatic amines is 2. The Kier molecular flexibility index (Phi) is 6.35. The number of methoxy groups -OCH3 is 2. The maximum atomic E-state index is 13.7. The molecule has 188 valence electrons. The lowest BCUT2D eigenvalue weighted by Crippen LogP contribution is -2.31. The van der Waals surface area contributed by atoms with Gasteiger partial charge in [-0.05, 0) is 61.6 Å². The monoisotopic (exact) mass is 488 g/mol. The second kappa shape index (κ2) is 9.60. The average molecular weight is 489 g/mol. The molecule has 2 aliphatic rings. The largest absolute Gasteiger partial charge is 0.493 e. The Labute approximate surface area is 210 Å². The first-order chi connectivity index (χ1) is 17.5. The van der Waals surface area contributed by atoms with Crippen LogP contribution < -0.4 is 25.2 Å². The summed E-state index contributed by atoms with van der Waals surface area (Å²) in [5.41, 5.74) is 4.95. The van der Waals surface area contributed by atoms with E-state index in [9.17, 15) is 9.59 Å². The van der Waals surface area contributed by atoms with Crippen LogP contribution in [0.1, 0.15) is 55.2 Å². The van der Waals surface area contributed by atoms with Crippen LogP contribution in [0.2, 0.25) is 0 Å². The molecule has 2 heterocycles. The molecule has 1 aliphatic heterocycles. The van der Waals surface area contributed by atoms with E-state index < -0.39 is 5.92 Å². The fraction of sp³-hybridized carbons (Fsp3) is 0.357. The van der Waals surface area contributed by atoms with Crippen molar-refractivity contribution in [3.05, 3.63) is 80.8 Å². The molecule has 36 heavy (non-hydrogen) atoms. The van der Waals surface area contributed by atoms with Gasteiger partial charge in [0.25, 0.3) is 5.56 Å². The minimum absolute atomic E-state index is 0.0125. The van der Waals surface area contributed by atoms with Crippen LogP contribution >= 0.6 is 0 Å². The number of H-pyrrole nitrogens is 2. The Morgan fingerprint density at radius 1 is 0.889 bits per heavy atom. The van der Waals surface area contributed by atoms with Gasteiger partial charge in [-0.2, -0.15) is 0 Å². The zero-order valence-corrected chi connectivity index (χ0v) is 21.1. The molecule has 1 aliphatic carbocycles. The maximum absolute atomic E-state index is 13.7. The standard InChI is InChI=1S/C28H32N4O4/c1-5-32(6-2)19-10-7-16(8-11-19)24-25-20(29-27-26(24)28(34)31-30-27)13-18(14-21(25)33)17-9-12-22(35-3)23(15-17)36-4/h7-12,15,18,24H,5-6,13-14H2,1-4H3,(H3,29,30,31,34). The van der Waals surface area contributed by atoms with Crippen molar-refractivity contribution in [1.29, 1.82) is 0 Å². The smallest absolute Gasteiger partial charge is 0.270 e. The number of anilines is 2. The van der Waals surface area contributed by atoms with E-state index >= 15 is 0 Å². The van der Waals surface area contributed by atoms with Crippen molar-refractivity contribution < 1.29 is 14.3 Å². The minimum Gasteiger partial charge on any atom is -0.493 e. The van der Waals surface area contributed by atoms with Gasteiger partial charge in [-0.15, -0.1) is 0 Å². The van der Waals surface area contributed by atoms with Gasteiger partial charge in [0.1, 0.15) is 5.82 Å². The molecular weight excluding hydrogens is 456 g/mol. The summed E-state index contributed by atoms with van der Waals surface area (Å²) in [6, 6.07) is 14.0. The number of Topliss-reactive ketones (excluding diaryl/α,β-unsaturated/α-hetero) is 1. The molecule has 0 amide bonds. The number of hydrogen-bond donors (Lipinski definition) is 3. The Hall–Kier alpha value is -3.94. The van der Waals surface area contributed by atoms with Crippen molar-refractivity contribution in [3.63, 3.8) is 0 Å². The first kappa shape index (κ1) is 23.8. The average Bonchev–Trinajstić information content (AvgIpc) is 3.28. The van der Waals surface area contributed by atoms with Crippen LogP contribution in [-0.4, -0.2) is 43.3 Å². The van der Waals surface area contributed by atoms with Gasteiger partial charge in [-0.3, -0.25) is 19.8 Å². The number of fused-ring (bicyclic) bond motifs is 1. The Morgan fingerprint density at radius 2 is 1.58 bits per heavy atom. The Balaban J connectivity index is 1.55. The zero-order chi connectivity index (χ0) is 25.4. The fourth-order valence-electron chi connectivity index (χ4n) is 5.56. The summed E-state index contributed by atoms with van der Waals surface area (Å²) in [5, 5.41) is 9.03. The molecule has 3 N–H and O–H groups in total. The number of ether oxygens (including phenoxy) is 2. The summed E-state index contributed by atoms with van der Waals surface area (Å²) < 4.78 is 10.9. The van der Waals surface area contributed by atoms with Crippen molar-refractivity contribution in [3.8, 4) is 11.5 Å². The van der Waals surface area contributed by atoms with Gasteiger partial charge >= 0.3 is 0 Å². The minimum atomic E-state index is -0.421. The first-order valence-corrected chi connectivity index (χ1v) is 12.4. The van der Waals surface area contributed by atoms with Crippen LogP contribution in [0.4, 0.5) is 11.5 Å². The molecule has 0 radical (unpaired) electrons. The third-order valence-corrected chi connectivity index (χ3v) is 7.41. The molecule has 0 saturated heterocycles. The predicted molar refractivity (Wildman–Crippen MR) is 140 cm³/mol. The van der Waals surface area contributed by atoms with Gasteiger partial charge in [0.15, 0.2) is 17.3 Å². The van der Waals surface area contributed by atoms with E-state index in [-0.39, 0.29) is 17.3 Å². The molecule has 5 rings (SSSR count). The van der Waals surface area contributed by atoms with Gasteiger partial charge in [0, 0.05) is 42.4 Å². The maximum Gasteiger partial charge on any atom is 0.270 e. The zero-order valence-electron chi connectivity index (χ0n) is 21.1. The molecular formula is C28H32N4O4. The van der Waals surface area contributed by atoms with Crippen LogP contribution in [0, 0.1) is 0 Å². The Morgan fingerprint density at radius 3 is 2.25 bits per heavy atom. The van der Waals surface area contributed by atoms with Crippen LogP contribution in [0.5, 0.6) is 11.5 Å². The molecule has 8 heteroatoms. The van der Waals surface area contributed by atoms with E-state index in [2.05, 4.69) is 46.4 Å². The van der Waals surface area contributed by atoms with Crippen molar-refractivity contribution in [2.75, 3.05) is 37.5 Å². The summed E-state index contributed by atoms with van der Waals surface area (Å²) >= 11 is 0. The van der Waals surface area contributed by atoms with E-state index in [0.717, 1.165) is 35.6 Å². The number of aromatic nitrogens is 2. The molecule has 1 aromatic heterocycles. The second-order valence-corrected chi connectivity index (χ2v) is 9.22. The highest BCUT2D eigenvalue weighted by atomic mass is 16.5. The van der Waals surface area contributed by atoms with Crippen LogP contribution in [0.25, 0.3) is 0 Å². The van der Waals surface area contributed by atoms with E-state index in [1.165, 1.54) is 0 Å². The lowest BCUT2D eigenvalue weighted by molar-refractivity contribution is -0.116. The number of nitrogens with zero attached hydrogens (tertiary/aromatic N) is 1. The number of carbonyl (C=O) groups is 1. The summed E-state index contributed by atoms with van der Waals surface area (Å²) in [4.78, 5) is 28.8. The van der Waals surface area contributed by atoms with Crippen LogP contribution in [0.3, 0.4) is 0 Å². The molecule has 2 unspecified atom stereocenters. The first-order valence-electron chi connectivity index (χ1n) is 12.4. The molecule has 0 fully saturated rings. The van der Waals surface area contributed by atoms with Crippen molar-refractivity contribution >= 4 is 17.3 Å². The number of benzene rings is 2. The van der Waals surface area contributed by atoms with Crippen LogP contribution in [0.15, 0.2) is 58.5 Å². The number of allylic oxidation sites excluding steroid dienone is 2. The van der Waals surface area contributed by atoms with Crippen LogP contribution in [-0.2, 0) is 4.79 Å². The number of carbonyl (C=O) groups excluding carboxylic acids is 1. The predicted octanol–water partition coefficient (Wildman–Crippen LogP) is 4.52. The van der Waals surface area contributed by atoms with Crippen molar-refractivity contribution in [2.45, 2.75) is 38.5 Å². The molecule has 8 nitrogen and oxygen atoms in total. The Bertz CT molecular complexity index is 1360. The van der Waals surface area contributed by atoms with Gasteiger partial charge in [0.05, 0.1) is 19.8 Å². The van der Waals surface area contributed by atoms with E-state index in [1.807, 2.05) is 30.3 Å². The second-order valence-electron chi connectivity index (χ2n) is 9.22. The third-order valence-electron chi connectivity index (χ3n) is 7.41. The quantitative estimate of drug-likeness (QED) is 0.452. The summed E-state index contributed by atoms with van der Waals surface area (Å²) in [6.45, 7) is 6.08. The lowest BCUT2D eigenvalue weighted by atomic mass is 9.73. The van der Waals surface area contributed by atoms with E-state index in [4.69, 9.17) is 9.47 Å². The molecule has 0 bridgehead atoms. The third kappa shape index (κ3) is 3.96. The molecule has 3 aromatic rings. The highest BCUT2D eigenvalue weighted by Gasteiger charge is 2.40. The van der Waals surface area contributed by atoms with Gasteiger partial charge in [-0.25, -0.2) is 0 Å². The molecule has 2 aromatic carbocycles. The van der Waals surface area contributed by atoms with Gasteiger partial charge < -0.3 is 19.7 Å². The topological polar surface area (TPSA) is 99.4 Å². The van der Waals surface area contributed by atoms with E-state index in [1.54, 1.807) is 14.2 Å².